The molecule has 1 saturated heterocycles. The second-order valence-electron chi connectivity index (χ2n) is 7.01. The molecule has 2 aromatic rings. The lowest BCUT2D eigenvalue weighted by Gasteiger charge is -2.30. The summed E-state index contributed by atoms with van der Waals surface area (Å²) in [6.07, 6.45) is 3.78. The summed E-state index contributed by atoms with van der Waals surface area (Å²) in [5.41, 5.74) is 0.627. The number of carbonyl (C=O) groups is 1. The van der Waals surface area contributed by atoms with Crippen LogP contribution in [0.5, 0.6) is 0 Å². The summed E-state index contributed by atoms with van der Waals surface area (Å²) in [4.78, 5) is 18.9. The lowest BCUT2D eigenvalue weighted by molar-refractivity contribution is 0.0697. The molecule has 0 spiro atoms. The number of carbonyl (C=O) groups excluding carboxylic acids is 1. The lowest BCUT2D eigenvalue weighted by atomic mass is 9.99. The molecule has 1 amide bonds. The third-order valence-corrected chi connectivity index (χ3v) is 4.84. The van der Waals surface area contributed by atoms with Crippen molar-refractivity contribution in [3.8, 4) is 0 Å². The fourth-order valence-electron chi connectivity index (χ4n) is 3.18. The number of hydrogen-bond donors (Lipinski definition) is 1. The second-order valence-corrected chi connectivity index (χ2v) is 7.01. The Bertz CT molecular complexity index is 718. The molecule has 3 heterocycles. The Morgan fingerprint density at radius 3 is 2.69 bits per heavy atom. The van der Waals surface area contributed by atoms with E-state index in [4.69, 9.17) is 9.15 Å². The van der Waals surface area contributed by atoms with Gasteiger partial charge in [0.05, 0.1) is 12.2 Å². The van der Waals surface area contributed by atoms with Gasteiger partial charge in [0.2, 0.25) is 0 Å². The molecule has 140 valence electrons. The molecule has 1 aliphatic rings. The first-order chi connectivity index (χ1) is 12.6. The molecule has 1 fully saturated rings. The summed E-state index contributed by atoms with van der Waals surface area (Å²) in [5.74, 6) is 3.10. The van der Waals surface area contributed by atoms with E-state index in [9.17, 15) is 4.79 Å². The maximum atomic E-state index is 12.6. The van der Waals surface area contributed by atoms with Crippen LogP contribution < -0.4 is 5.32 Å². The maximum absolute atomic E-state index is 12.6. The molecule has 0 bridgehead atoms. The lowest BCUT2D eigenvalue weighted by Crippen LogP contribution is -2.37. The molecular formula is C20H27N3O3. The van der Waals surface area contributed by atoms with Crippen molar-refractivity contribution < 1.29 is 13.9 Å². The van der Waals surface area contributed by atoms with Crippen molar-refractivity contribution in [3.05, 3.63) is 47.5 Å². The van der Waals surface area contributed by atoms with Crippen molar-refractivity contribution in [1.29, 1.82) is 0 Å². The molecule has 2 aromatic heterocycles. The van der Waals surface area contributed by atoms with Crippen molar-refractivity contribution in [2.45, 2.75) is 32.7 Å². The number of amides is 1. The van der Waals surface area contributed by atoms with Crippen molar-refractivity contribution in [1.82, 2.24) is 9.88 Å². The number of methoxy groups -OCH3 is 1. The summed E-state index contributed by atoms with van der Waals surface area (Å²) < 4.78 is 11.0. The molecule has 1 unspecified atom stereocenters. The van der Waals surface area contributed by atoms with Gasteiger partial charge >= 0.3 is 0 Å². The Balaban J connectivity index is 1.65. The minimum atomic E-state index is -0.133. The van der Waals surface area contributed by atoms with E-state index in [-0.39, 0.29) is 11.9 Å². The number of hydrogen-bond acceptors (Lipinski definition) is 5. The maximum Gasteiger partial charge on any atom is 0.255 e. The molecule has 0 aliphatic carbocycles. The Kier molecular flexibility index (Phi) is 5.93. The monoisotopic (exact) mass is 357 g/mol. The van der Waals surface area contributed by atoms with Crippen LogP contribution in [0.2, 0.25) is 0 Å². The number of ether oxygens (including phenoxy) is 1. The van der Waals surface area contributed by atoms with Crippen LogP contribution in [0.1, 0.15) is 47.7 Å². The van der Waals surface area contributed by atoms with Gasteiger partial charge in [-0.1, -0.05) is 6.92 Å². The Morgan fingerprint density at radius 2 is 2.12 bits per heavy atom. The van der Waals surface area contributed by atoms with Gasteiger partial charge in [-0.05, 0) is 49.9 Å². The van der Waals surface area contributed by atoms with Gasteiger partial charge < -0.3 is 19.4 Å². The van der Waals surface area contributed by atoms with Crippen molar-refractivity contribution in [2.75, 3.05) is 32.1 Å². The van der Waals surface area contributed by atoms with Gasteiger partial charge in [0.1, 0.15) is 23.4 Å². The Morgan fingerprint density at radius 1 is 1.35 bits per heavy atom. The highest BCUT2D eigenvalue weighted by Gasteiger charge is 2.22. The van der Waals surface area contributed by atoms with Gasteiger partial charge in [-0.15, -0.1) is 0 Å². The van der Waals surface area contributed by atoms with E-state index in [0.29, 0.717) is 23.9 Å². The number of pyridine rings is 1. The normalized spacial score (nSPS) is 16.5. The van der Waals surface area contributed by atoms with Crippen LogP contribution >= 0.6 is 0 Å². The molecule has 0 saturated carbocycles. The summed E-state index contributed by atoms with van der Waals surface area (Å²) in [7, 11) is 1.65. The van der Waals surface area contributed by atoms with Gasteiger partial charge in [-0.3, -0.25) is 4.79 Å². The zero-order valence-electron chi connectivity index (χ0n) is 15.7. The summed E-state index contributed by atoms with van der Waals surface area (Å²) in [6.45, 7) is 6.26. The van der Waals surface area contributed by atoms with Crippen LogP contribution in [0.4, 0.5) is 5.82 Å². The van der Waals surface area contributed by atoms with E-state index in [2.05, 4.69) is 17.2 Å². The number of rotatable bonds is 6. The molecule has 1 N–H and O–H groups in total. The van der Waals surface area contributed by atoms with Gasteiger partial charge in [0, 0.05) is 26.4 Å². The number of furan rings is 1. The number of anilines is 1. The topological polar surface area (TPSA) is 67.6 Å². The number of likely N-dealkylation sites (tertiary alicyclic amines) is 1. The van der Waals surface area contributed by atoms with E-state index >= 15 is 0 Å². The fourth-order valence-corrected chi connectivity index (χ4v) is 3.18. The molecule has 3 rings (SSSR count). The molecule has 6 heteroatoms. The van der Waals surface area contributed by atoms with Crippen LogP contribution in [-0.4, -0.2) is 42.6 Å². The summed E-state index contributed by atoms with van der Waals surface area (Å²) in [6, 6.07) is 7.38. The minimum Gasteiger partial charge on any atom is -0.464 e. The zero-order chi connectivity index (χ0) is 18.5. The first kappa shape index (κ1) is 18.5. The first-order valence-corrected chi connectivity index (χ1v) is 9.14. The van der Waals surface area contributed by atoms with Crippen LogP contribution in [0.3, 0.4) is 0 Å². The molecule has 0 aromatic carbocycles. The van der Waals surface area contributed by atoms with Crippen LogP contribution in [0, 0.1) is 12.8 Å². The van der Waals surface area contributed by atoms with Crippen LogP contribution in [0.15, 0.2) is 34.9 Å². The fraction of sp³-hybridized carbons (Fsp3) is 0.500. The van der Waals surface area contributed by atoms with Crippen LogP contribution in [-0.2, 0) is 4.74 Å². The van der Waals surface area contributed by atoms with E-state index in [1.54, 1.807) is 13.3 Å². The van der Waals surface area contributed by atoms with Crippen molar-refractivity contribution in [2.24, 2.45) is 5.92 Å². The highest BCUT2D eigenvalue weighted by molar-refractivity contribution is 5.94. The third kappa shape index (κ3) is 4.43. The standard InChI is InChI=1S/C20H27N3O3/c1-14-8-10-23(11-9-14)20(24)16-5-7-19(21-12-16)22-17(13-25-3)18-6-4-15(2)26-18/h4-7,12,14,17H,8-11,13H2,1-3H3,(H,21,22). The average molecular weight is 357 g/mol. The number of nitrogens with zero attached hydrogens (tertiary/aromatic N) is 2. The SMILES string of the molecule is COCC(Nc1ccc(C(=O)N2CCC(C)CC2)cn1)c1ccc(C)o1. The molecule has 1 atom stereocenters. The highest BCUT2D eigenvalue weighted by atomic mass is 16.5. The minimum absolute atomic E-state index is 0.0612. The number of aromatic nitrogens is 1. The third-order valence-electron chi connectivity index (χ3n) is 4.84. The summed E-state index contributed by atoms with van der Waals surface area (Å²) >= 11 is 0. The van der Waals surface area contributed by atoms with Gasteiger partial charge in [-0.25, -0.2) is 4.98 Å². The van der Waals surface area contributed by atoms with Crippen LogP contribution in [0.25, 0.3) is 0 Å². The number of nitrogens with one attached hydrogen (secondary N) is 1. The van der Waals surface area contributed by atoms with E-state index in [1.807, 2.05) is 36.1 Å². The zero-order valence-corrected chi connectivity index (χ0v) is 15.7. The highest BCUT2D eigenvalue weighted by Crippen LogP contribution is 2.22. The predicted molar refractivity (Wildman–Crippen MR) is 100 cm³/mol. The number of aryl methyl sites for hydroxylation is 1. The molecular weight excluding hydrogens is 330 g/mol. The number of piperidine rings is 1. The molecule has 0 radical (unpaired) electrons. The van der Waals surface area contributed by atoms with Crippen molar-refractivity contribution >= 4 is 11.7 Å². The second kappa shape index (κ2) is 8.36. The molecule has 1 aliphatic heterocycles. The van der Waals surface area contributed by atoms with Gasteiger partial charge in [-0.2, -0.15) is 0 Å². The van der Waals surface area contributed by atoms with Gasteiger partial charge in [0.15, 0.2) is 0 Å². The van der Waals surface area contributed by atoms with E-state index in [0.717, 1.165) is 37.5 Å². The predicted octanol–water partition coefficient (Wildman–Crippen LogP) is 3.65. The summed E-state index contributed by atoms with van der Waals surface area (Å²) in [5, 5.41) is 3.31. The molecule has 26 heavy (non-hydrogen) atoms. The quantitative estimate of drug-likeness (QED) is 0.855. The Hall–Kier alpha value is -2.34. The Labute approximate surface area is 154 Å². The largest absolute Gasteiger partial charge is 0.464 e. The van der Waals surface area contributed by atoms with Crippen molar-refractivity contribution in [3.63, 3.8) is 0 Å². The van der Waals surface area contributed by atoms with Gasteiger partial charge in [0.25, 0.3) is 5.91 Å². The first-order valence-electron chi connectivity index (χ1n) is 9.14. The van der Waals surface area contributed by atoms with E-state index < -0.39 is 0 Å². The molecule has 6 nitrogen and oxygen atoms in total. The smallest absolute Gasteiger partial charge is 0.255 e. The van der Waals surface area contributed by atoms with E-state index in [1.165, 1.54) is 0 Å². The average Bonchev–Trinajstić information content (AvgIpc) is 3.08.